The van der Waals surface area contributed by atoms with E-state index in [9.17, 15) is 4.79 Å². The summed E-state index contributed by atoms with van der Waals surface area (Å²) in [5, 5.41) is 7.47. The van der Waals surface area contributed by atoms with Gasteiger partial charge in [-0.1, -0.05) is 42.1 Å². The largest absolute Gasteiger partial charge is 0.328 e. The normalized spacial score (nSPS) is 23.7. The molecule has 29 heavy (non-hydrogen) atoms. The van der Waals surface area contributed by atoms with Gasteiger partial charge in [0.1, 0.15) is 6.29 Å². The highest BCUT2D eigenvalue weighted by molar-refractivity contribution is 7.99. The maximum absolute atomic E-state index is 12.3. The minimum absolute atomic E-state index is 0.0980. The van der Waals surface area contributed by atoms with E-state index in [1.54, 1.807) is 18.0 Å². The second-order valence-electron chi connectivity index (χ2n) is 7.63. The summed E-state index contributed by atoms with van der Waals surface area (Å²) in [4.78, 5) is 25.8. The molecular weight excluding hydrogens is 384 g/mol. The number of piperazine rings is 1. The fraction of sp³-hybridized carbons (Fsp3) is 0.476. The topological polar surface area (TPSA) is 73.4 Å². The molecule has 8 heteroatoms. The van der Waals surface area contributed by atoms with Gasteiger partial charge in [-0.2, -0.15) is 0 Å². The Kier molecular flexibility index (Phi) is 6.76. The number of hydrogen-bond acceptors (Lipinski definition) is 7. The monoisotopic (exact) mass is 412 g/mol. The summed E-state index contributed by atoms with van der Waals surface area (Å²) in [6, 6.07) is 12.6. The lowest BCUT2D eigenvalue weighted by Gasteiger charge is -2.43. The van der Waals surface area contributed by atoms with E-state index in [1.165, 1.54) is 5.56 Å². The minimum Gasteiger partial charge on any atom is -0.328 e. The number of aromatic nitrogens is 2. The molecule has 2 fully saturated rings. The van der Waals surface area contributed by atoms with Crippen LogP contribution in [-0.4, -0.2) is 69.9 Å². The van der Waals surface area contributed by atoms with Crippen LogP contribution >= 0.6 is 11.8 Å². The zero-order valence-electron chi connectivity index (χ0n) is 16.8. The van der Waals surface area contributed by atoms with E-state index in [1.807, 2.05) is 13.0 Å². The van der Waals surface area contributed by atoms with Crippen LogP contribution in [0, 0.1) is 6.92 Å². The number of thioether (sulfide) groups is 1. The second-order valence-corrected chi connectivity index (χ2v) is 8.61. The zero-order valence-corrected chi connectivity index (χ0v) is 17.6. The highest BCUT2D eigenvalue weighted by Crippen LogP contribution is 2.18. The number of carbonyl (C=O) groups is 1. The first kappa shape index (κ1) is 20.3. The number of nitrogens with zero attached hydrogens (tertiary/aromatic N) is 4. The number of benzene rings is 1. The summed E-state index contributed by atoms with van der Waals surface area (Å²) in [6.07, 6.45) is 2.17. The van der Waals surface area contributed by atoms with Gasteiger partial charge in [-0.15, -0.1) is 0 Å². The number of rotatable bonds is 6. The highest BCUT2D eigenvalue weighted by Gasteiger charge is 2.31. The second kappa shape index (κ2) is 9.67. The summed E-state index contributed by atoms with van der Waals surface area (Å²) in [6.45, 7) is 6.82. The van der Waals surface area contributed by atoms with E-state index in [4.69, 9.17) is 0 Å². The van der Waals surface area contributed by atoms with E-state index in [-0.39, 0.29) is 18.2 Å². The third-order valence-corrected chi connectivity index (χ3v) is 6.35. The van der Waals surface area contributed by atoms with Gasteiger partial charge >= 0.3 is 0 Å². The third-order valence-electron chi connectivity index (χ3n) is 5.33. The van der Waals surface area contributed by atoms with Crippen molar-refractivity contribution in [3.05, 3.63) is 53.9 Å². The Morgan fingerprint density at radius 3 is 2.69 bits per heavy atom. The van der Waals surface area contributed by atoms with Crippen molar-refractivity contribution in [3.63, 3.8) is 0 Å². The molecule has 2 saturated heterocycles. The molecule has 2 aromatic rings. The maximum Gasteiger partial charge on any atom is 0.223 e. The lowest BCUT2D eigenvalue weighted by atomic mass is 10.1. The molecule has 3 heterocycles. The molecule has 2 aliphatic rings. The van der Waals surface area contributed by atoms with Gasteiger partial charge in [-0.3, -0.25) is 19.9 Å². The lowest BCUT2D eigenvalue weighted by molar-refractivity contribution is -0.127. The average Bonchev–Trinajstić information content (AvgIpc) is 2.73. The maximum atomic E-state index is 12.3. The first-order valence-corrected chi connectivity index (χ1v) is 11.1. The van der Waals surface area contributed by atoms with Crippen LogP contribution in [0.2, 0.25) is 0 Å². The fourth-order valence-corrected chi connectivity index (χ4v) is 4.66. The van der Waals surface area contributed by atoms with Crippen molar-refractivity contribution in [2.75, 3.05) is 31.9 Å². The predicted octanol–water partition coefficient (Wildman–Crippen LogP) is 1.46. The summed E-state index contributed by atoms with van der Waals surface area (Å²) >= 11 is 1.60. The number of carbonyl (C=O) groups excluding carboxylic acids is 1. The molecule has 2 aliphatic heterocycles. The minimum atomic E-state index is -0.0980. The fourth-order valence-electron chi connectivity index (χ4n) is 3.75. The van der Waals surface area contributed by atoms with Crippen molar-refractivity contribution >= 4 is 17.7 Å². The predicted molar refractivity (Wildman–Crippen MR) is 114 cm³/mol. The molecule has 4 rings (SSSR count). The Balaban J connectivity index is 1.27. The molecule has 0 bridgehead atoms. The average molecular weight is 413 g/mol. The van der Waals surface area contributed by atoms with E-state index in [0.717, 1.165) is 49.3 Å². The standard InChI is InChI=1S/C21H28N6OS/c1-16-7-8-22-21(23-16)29-15-18-13-19(28)25-20(24-18)27-11-9-26(10-12-27)14-17-5-3-2-4-6-17/h2-8,18,20,24H,9-15H2,1H3,(H,25,28). The molecule has 0 spiro atoms. The Labute approximate surface area is 176 Å². The van der Waals surface area contributed by atoms with Gasteiger partial charge in [0.15, 0.2) is 5.16 Å². The van der Waals surface area contributed by atoms with Gasteiger partial charge in [-0.05, 0) is 18.6 Å². The van der Waals surface area contributed by atoms with Gasteiger partial charge in [-0.25, -0.2) is 9.97 Å². The summed E-state index contributed by atoms with van der Waals surface area (Å²) in [7, 11) is 0. The van der Waals surface area contributed by atoms with Crippen LogP contribution in [0.1, 0.15) is 17.7 Å². The van der Waals surface area contributed by atoms with Crippen LogP contribution in [0.4, 0.5) is 0 Å². The molecule has 1 aromatic carbocycles. The van der Waals surface area contributed by atoms with Gasteiger partial charge in [0, 0.05) is 62.8 Å². The van der Waals surface area contributed by atoms with Crippen LogP contribution < -0.4 is 10.6 Å². The molecule has 1 aromatic heterocycles. The number of amides is 1. The summed E-state index contributed by atoms with van der Waals surface area (Å²) in [5.41, 5.74) is 2.31. The van der Waals surface area contributed by atoms with Crippen molar-refractivity contribution < 1.29 is 4.79 Å². The first-order chi connectivity index (χ1) is 14.2. The molecule has 0 saturated carbocycles. The lowest BCUT2D eigenvalue weighted by Crippen LogP contribution is -2.66. The van der Waals surface area contributed by atoms with Crippen molar-refractivity contribution in [2.24, 2.45) is 0 Å². The molecule has 154 valence electrons. The van der Waals surface area contributed by atoms with Crippen molar-refractivity contribution in [1.29, 1.82) is 0 Å². The van der Waals surface area contributed by atoms with Crippen LogP contribution in [-0.2, 0) is 11.3 Å². The Morgan fingerprint density at radius 1 is 1.14 bits per heavy atom. The van der Waals surface area contributed by atoms with E-state index >= 15 is 0 Å². The SMILES string of the molecule is Cc1ccnc(SCC2CC(=O)NC(N3CCN(Cc4ccccc4)CC3)N2)n1. The molecule has 2 N–H and O–H groups in total. The van der Waals surface area contributed by atoms with Crippen LogP contribution in [0.25, 0.3) is 0 Å². The van der Waals surface area contributed by atoms with Gasteiger partial charge in [0.05, 0.1) is 0 Å². The molecule has 0 radical (unpaired) electrons. The summed E-state index contributed by atoms with van der Waals surface area (Å²) in [5.74, 6) is 0.887. The van der Waals surface area contributed by atoms with Crippen LogP contribution in [0.5, 0.6) is 0 Å². The van der Waals surface area contributed by atoms with Crippen LogP contribution in [0.15, 0.2) is 47.8 Å². The van der Waals surface area contributed by atoms with E-state index < -0.39 is 0 Å². The number of nitrogens with one attached hydrogen (secondary N) is 2. The first-order valence-electron chi connectivity index (χ1n) is 10.1. The van der Waals surface area contributed by atoms with Gasteiger partial charge in [0.2, 0.25) is 5.91 Å². The van der Waals surface area contributed by atoms with Gasteiger partial charge in [0.25, 0.3) is 0 Å². The van der Waals surface area contributed by atoms with Gasteiger partial charge < -0.3 is 5.32 Å². The molecule has 7 nitrogen and oxygen atoms in total. The van der Waals surface area contributed by atoms with E-state index in [0.29, 0.717) is 6.42 Å². The Bertz CT molecular complexity index is 812. The number of hydrogen-bond donors (Lipinski definition) is 2. The zero-order chi connectivity index (χ0) is 20.1. The van der Waals surface area contributed by atoms with Crippen LogP contribution in [0.3, 0.4) is 0 Å². The molecular formula is C21H28N6OS. The molecule has 0 aliphatic carbocycles. The third kappa shape index (κ3) is 5.76. The van der Waals surface area contributed by atoms with Crippen molar-refractivity contribution in [2.45, 2.75) is 37.4 Å². The smallest absolute Gasteiger partial charge is 0.223 e. The van der Waals surface area contributed by atoms with Crippen molar-refractivity contribution in [3.8, 4) is 0 Å². The number of aryl methyl sites for hydroxylation is 1. The molecule has 2 atom stereocenters. The van der Waals surface area contributed by atoms with E-state index in [2.05, 4.69) is 60.7 Å². The Morgan fingerprint density at radius 2 is 1.93 bits per heavy atom. The quantitative estimate of drug-likeness (QED) is 0.550. The Hall–Kier alpha value is -2.00. The molecule has 1 amide bonds. The highest BCUT2D eigenvalue weighted by atomic mass is 32.2. The summed E-state index contributed by atoms with van der Waals surface area (Å²) < 4.78 is 0. The molecule has 2 unspecified atom stereocenters. The van der Waals surface area contributed by atoms with Crippen molar-refractivity contribution in [1.82, 2.24) is 30.4 Å².